The van der Waals surface area contributed by atoms with Crippen LogP contribution in [0.4, 0.5) is 0 Å². The number of aliphatic carboxylic acids is 1. The molecule has 0 aliphatic carbocycles. The van der Waals surface area contributed by atoms with E-state index in [2.05, 4.69) is 26.0 Å². The van der Waals surface area contributed by atoms with Crippen LogP contribution in [0.1, 0.15) is 206 Å². The quantitative estimate of drug-likeness (QED) is 0.0126. The van der Waals surface area contributed by atoms with Crippen LogP contribution < -0.4 is 11.5 Å². The van der Waals surface area contributed by atoms with Crippen LogP contribution in [0.15, 0.2) is 48.6 Å². The lowest BCUT2D eigenvalue weighted by molar-refractivity contribution is -0.161. The van der Waals surface area contributed by atoms with E-state index >= 15 is 0 Å². The normalized spacial score (nSPS) is 14.8. The lowest BCUT2D eigenvalue weighted by Gasteiger charge is -2.23. The number of hydrogen-bond donors (Lipinski definition) is 5. The molecule has 0 aliphatic rings. The summed E-state index contributed by atoms with van der Waals surface area (Å²) in [7, 11) is -4.54. The summed E-state index contributed by atoms with van der Waals surface area (Å²) in [5.41, 5.74) is 11.6. The van der Waals surface area contributed by atoms with Gasteiger partial charge in [0.2, 0.25) is 0 Å². The lowest BCUT2D eigenvalue weighted by Crippen LogP contribution is -2.40. The van der Waals surface area contributed by atoms with Crippen molar-refractivity contribution in [2.45, 2.75) is 230 Å². The molecule has 0 saturated carbocycles. The number of thioether (sulfide) groups is 1. The van der Waals surface area contributed by atoms with Gasteiger partial charge >= 0.3 is 25.7 Å². The van der Waals surface area contributed by atoms with Crippen LogP contribution in [0.3, 0.4) is 0 Å². The molecule has 0 bridgehead atoms. The summed E-state index contributed by atoms with van der Waals surface area (Å²) in [6.45, 7) is 3.15. The third-order valence-corrected chi connectivity index (χ3v) is 13.6. The highest BCUT2D eigenvalue weighted by Gasteiger charge is 2.28. The van der Waals surface area contributed by atoms with Gasteiger partial charge in [0.15, 0.2) is 6.10 Å². The number of rotatable bonds is 49. The fourth-order valence-electron chi connectivity index (χ4n) is 7.18. The van der Waals surface area contributed by atoms with Gasteiger partial charge in [-0.05, 0) is 38.5 Å². The monoisotopic (exact) mass is 987 g/mol. The molecule has 67 heavy (non-hydrogen) atoms. The Morgan fingerprint density at radius 1 is 0.657 bits per heavy atom. The highest BCUT2D eigenvalue weighted by Crippen LogP contribution is 2.43. The topological polar surface area (TPSA) is 218 Å². The fourth-order valence-corrected chi connectivity index (χ4v) is 9.07. The van der Waals surface area contributed by atoms with Crippen LogP contribution in [0.25, 0.3) is 0 Å². The van der Waals surface area contributed by atoms with E-state index in [-0.39, 0.29) is 44.6 Å². The molecule has 0 radical (unpaired) electrons. The van der Waals surface area contributed by atoms with Crippen molar-refractivity contribution in [3.8, 4) is 0 Å². The van der Waals surface area contributed by atoms with Gasteiger partial charge in [-0.2, -0.15) is 0 Å². The smallest absolute Gasteiger partial charge is 0.472 e. The van der Waals surface area contributed by atoms with Crippen molar-refractivity contribution in [2.75, 3.05) is 32.1 Å². The number of carboxylic acid groups (broad SMARTS) is 1. The van der Waals surface area contributed by atoms with E-state index in [0.717, 1.165) is 32.1 Å². The molecule has 15 heteroatoms. The SMILES string of the molecule is CCCCC/C=C\C\C=C/C=C/C=C/[C@@H](SC[C@H](N)C(=O)O[C@H](COC(=O)CCCCCCCCCCCCCCCCCCCCCCC)COP(=O)(O)OCCN)[C@@H](O)CCCC(=O)O. The molecule has 0 rings (SSSR count). The molecule has 0 aromatic carbocycles. The van der Waals surface area contributed by atoms with Gasteiger partial charge < -0.3 is 36.0 Å². The second-order valence-corrected chi connectivity index (χ2v) is 20.3. The van der Waals surface area contributed by atoms with Crippen molar-refractivity contribution in [3.63, 3.8) is 0 Å². The Morgan fingerprint density at radius 2 is 1.19 bits per heavy atom. The fraction of sp³-hybridized carbons (Fsp3) is 0.788. The minimum absolute atomic E-state index is 0.0168. The molecule has 0 aromatic rings. The van der Waals surface area contributed by atoms with Gasteiger partial charge in [-0.25, -0.2) is 4.57 Å². The number of carboxylic acids is 1. The summed E-state index contributed by atoms with van der Waals surface area (Å²) < 4.78 is 33.1. The summed E-state index contributed by atoms with van der Waals surface area (Å²) in [5, 5.41) is 19.5. The van der Waals surface area contributed by atoms with Crippen molar-refractivity contribution in [1.29, 1.82) is 0 Å². The highest BCUT2D eigenvalue weighted by molar-refractivity contribution is 8.00. The number of carbonyl (C=O) groups excluding carboxylic acids is 2. The number of phosphoric ester groups is 1. The predicted octanol–water partition coefficient (Wildman–Crippen LogP) is 12.4. The zero-order valence-corrected chi connectivity index (χ0v) is 43.5. The number of phosphoric acid groups is 1. The Hall–Kier alpha value is -2.29. The van der Waals surface area contributed by atoms with E-state index in [4.69, 9.17) is 35.1 Å². The molecule has 0 fully saturated rings. The van der Waals surface area contributed by atoms with Crippen molar-refractivity contribution >= 4 is 37.5 Å². The molecule has 7 N–H and O–H groups in total. The number of allylic oxidation sites excluding steroid dienone is 7. The Balaban J connectivity index is 4.81. The second kappa shape index (κ2) is 47.4. The molecule has 1 unspecified atom stereocenters. The van der Waals surface area contributed by atoms with Crippen LogP contribution in [-0.4, -0.2) is 88.6 Å². The van der Waals surface area contributed by atoms with E-state index in [1.165, 1.54) is 140 Å². The first kappa shape index (κ1) is 64.7. The number of esters is 2. The Bertz CT molecular complexity index is 1360. The summed E-state index contributed by atoms with van der Waals surface area (Å²) in [4.78, 5) is 46.9. The van der Waals surface area contributed by atoms with Crippen molar-refractivity contribution in [2.24, 2.45) is 11.5 Å². The number of carbonyl (C=O) groups is 3. The third-order valence-electron chi connectivity index (χ3n) is 11.2. The van der Waals surface area contributed by atoms with E-state index < -0.39 is 62.4 Å². The predicted molar refractivity (Wildman–Crippen MR) is 276 cm³/mol. The van der Waals surface area contributed by atoms with Gasteiger partial charge in [0.25, 0.3) is 0 Å². The zero-order valence-electron chi connectivity index (χ0n) is 41.8. The molecular formula is C52H95N2O11PS. The molecule has 0 spiro atoms. The zero-order chi connectivity index (χ0) is 49.5. The summed E-state index contributed by atoms with van der Waals surface area (Å²) >= 11 is 1.20. The maximum absolute atomic E-state index is 13.2. The highest BCUT2D eigenvalue weighted by atomic mass is 32.2. The first-order valence-electron chi connectivity index (χ1n) is 26.1. The van der Waals surface area contributed by atoms with Crippen LogP contribution in [0, 0.1) is 0 Å². The van der Waals surface area contributed by atoms with E-state index in [1.807, 2.05) is 24.3 Å². The van der Waals surface area contributed by atoms with Gasteiger partial charge in [0, 0.05) is 30.4 Å². The van der Waals surface area contributed by atoms with Crippen molar-refractivity contribution in [1.82, 2.24) is 0 Å². The van der Waals surface area contributed by atoms with Crippen LogP contribution in [-0.2, 0) is 37.5 Å². The average molecular weight is 987 g/mol. The Kier molecular flexibility index (Phi) is 45.8. The maximum Gasteiger partial charge on any atom is 0.472 e. The first-order valence-corrected chi connectivity index (χ1v) is 28.6. The van der Waals surface area contributed by atoms with Crippen molar-refractivity contribution < 1.29 is 52.6 Å². The summed E-state index contributed by atoms with van der Waals surface area (Å²) in [6, 6.07) is -1.19. The van der Waals surface area contributed by atoms with Gasteiger partial charge in [-0.1, -0.05) is 204 Å². The van der Waals surface area contributed by atoms with Gasteiger partial charge in [-0.15, -0.1) is 11.8 Å². The average Bonchev–Trinajstić information content (AvgIpc) is 3.30. The van der Waals surface area contributed by atoms with Gasteiger partial charge in [0.1, 0.15) is 12.6 Å². The second-order valence-electron chi connectivity index (χ2n) is 17.6. The van der Waals surface area contributed by atoms with Crippen LogP contribution in [0.5, 0.6) is 0 Å². The minimum Gasteiger partial charge on any atom is -0.481 e. The number of hydrogen-bond acceptors (Lipinski definition) is 12. The molecule has 0 aromatic heterocycles. The third kappa shape index (κ3) is 44.7. The Labute approximate surface area is 410 Å². The molecule has 0 amide bonds. The molecule has 0 aliphatic heterocycles. The minimum atomic E-state index is -4.54. The Morgan fingerprint density at radius 3 is 1.75 bits per heavy atom. The number of aliphatic hydroxyl groups is 1. The number of ether oxygens (including phenoxy) is 2. The molecule has 0 heterocycles. The molecule has 0 saturated heterocycles. The van der Waals surface area contributed by atoms with Crippen LogP contribution in [0.2, 0.25) is 0 Å². The standard InChI is InChI=1S/C52H95N2O11PS/c1-3-5-7-9-11-13-15-17-18-19-20-21-22-23-24-25-27-29-31-33-35-40-51(58)62-43-46(44-64-66(60,61)63-42-41-53)65-52(59)47(54)45-67-49(48(55)37-36-39-50(56)57)38-34-32-30-28-26-16-14-12-10-8-6-4-2/h12,14,26,28,30,32,34,38,46-49,55H,3-11,13,15-25,27,29,31,33,35-37,39-45,53-54H2,1-2H3,(H,56,57)(H,60,61)/b14-12-,28-26-,32-30+,38-34+/t46-,47+,48+,49-/m1/s1. The van der Waals surface area contributed by atoms with Gasteiger partial charge in [-0.3, -0.25) is 23.4 Å². The number of nitrogens with two attached hydrogens (primary N) is 2. The van der Waals surface area contributed by atoms with Gasteiger partial charge in [0.05, 0.1) is 19.3 Å². The summed E-state index contributed by atoms with van der Waals surface area (Å²) in [6.07, 6.45) is 46.1. The molecule has 390 valence electrons. The summed E-state index contributed by atoms with van der Waals surface area (Å²) in [5.74, 6) is -2.30. The largest absolute Gasteiger partial charge is 0.481 e. The van der Waals surface area contributed by atoms with Crippen LogP contribution >= 0.6 is 19.6 Å². The van der Waals surface area contributed by atoms with E-state index in [9.17, 15) is 28.9 Å². The number of aliphatic hydroxyl groups excluding tert-OH is 1. The number of unbranched alkanes of at least 4 members (excludes halogenated alkanes) is 23. The maximum atomic E-state index is 13.2. The van der Waals surface area contributed by atoms with E-state index in [1.54, 1.807) is 12.2 Å². The molecule has 5 atom stereocenters. The van der Waals surface area contributed by atoms with E-state index in [0.29, 0.717) is 6.42 Å². The van der Waals surface area contributed by atoms with Crippen molar-refractivity contribution in [3.05, 3.63) is 48.6 Å². The lowest BCUT2D eigenvalue weighted by atomic mass is 10.0. The molecular weight excluding hydrogens is 892 g/mol. The first-order chi connectivity index (χ1) is 32.4. The molecule has 13 nitrogen and oxygen atoms in total.